The van der Waals surface area contributed by atoms with E-state index in [4.69, 9.17) is 31.4 Å². The molecule has 0 radical (unpaired) electrons. The SMILES string of the molecule is CCCCCCCCNC(=O)CC[C@@H](C)[C@H]1CC[C@H]2C[C@H](OCCCN)CC3C[C@H](OCCCN)CC[C@]3(C)[C@H](C)C[C@H](OCCCN)[C@@]21C. The number of unbranched alkanes of at least 4 members (excludes halogenated alkanes) is 5. The molecule has 0 aromatic rings. The van der Waals surface area contributed by atoms with Crippen molar-refractivity contribution in [2.45, 2.75) is 175 Å². The van der Waals surface area contributed by atoms with E-state index in [1.165, 1.54) is 51.4 Å². The van der Waals surface area contributed by atoms with Crippen LogP contribution in [0.15, 0.2) is 0 Å². The van der Waals surface area contributed by atoms with Crippen LogP contribution in [-0.2, 0) is 19.0 Å². The van der Waals surface area contributed by atoms with Crippen molar-refractivity contribution in [1.29, 1.82) is 0 Å². The standard InChI is InChI=1S/C42H82N4O4/c1-6-7-8-9-10-11-24-46-40(47)18-15-32(2)38-17-16-34-29-37(49-26-13-22-44)31-35-30-36(48-25-12-21-43)19-20-41(35,4)33(3)28-39(42(34,38)5)50-27-14-23-45/h32-39H,6-31,43-45H2,1-5H3,(H,46,47)/t32-,33-,34+,35?,36-,37+,38-,39+,41-,42+/m1/s1. The summed E-state index contributed by atoms with van der Waals surface area (Å²) in [5, 5.41) is 3.23. The Morgan fingerprint density at radius 1 is 0.760 bits per heavy atom. The highest BCUT2D eigenvalue weighted by molar-refractivity contribution is 5.75. The van der Waals surface area contributed by atoms with Crippen molar-refractivity contribution < 1.29 is 19.0 Å². The second kappa shape index (κ2) is 23.1. The normalized spacial score (nSPS) is 33.8. The summed E-state index contributed by atoms with van der Waals surface area (Å²) in [6, 6.07) is 0. The molecule has 0 aromatic carbocycles. The Kier molecular flexibility index (Phi) is 20.2. The Morgan fingerprint density at radius 3 is 2.04 bits per heavy atom. The third-order valence-electron chi connectivity index (χ3n) is 13.9. The number of carbonyl (C=O) groups excluding carboxylic acids is 1. The summed E-state index contributed by atoms with van der Waals surface area (Å²) in [7, 11) is 0. The molecule has 8 nitrogen and oxygen atoms in total. The second-order valence-electron chi connectivity index (χ2n) is 17.2. The lowest BCUT2D eigenvalue weighted by Crippen LogP contribution is -2.51. The third kappa shape index (κ3) is 12.7. The van der Waals surface area contributed by atoms with E-state index in [0.29, 0.717) is 68.4 Å². The van der Waals surface area contributed by atoms with Crippen molar-refractivity contribution in [3.8, 4) is 0 Å². The van der Waals surface area contributed by atoms with Crippen molar-refractivity contribution >= 4 is 5.91 Å². The molecule has 3 saturated carbocycles. The molecule has 1 unspecified atom stereocenters. The molecule has 0 bridgehead atoms. The number of fused-ring (bicyclic) bond motifs is 2. The average Bonchev–Trinajstić information content (AvgIpc) is 3.43. The minimum atomic E-state index is 0.0124. The number of nitrogens with one attached hydrogen (secondary N) is 1. The van der Waals surface area contributed by atoms with Gasteiger partial charge in [0.1, 0.15) is 0 Å². The van der Waals surface area contributed by atoms with E-state index in [1.54, 1.807) is 0 Å². The van der Waals surface area contributed by atoms with Gasteiger partial charge in [-0.3, -0.25) is 4.79 Å². The molecule has 8 heteroatoms. The molecule has 0 saturated heterocycles. The summed E-state index contributed by atoms with van der Waals surface area (Å²) in [6.07, 6.45) is 21.4. The first-order valence-corrected chi connectivity index (χ1v) is 21.4. The Bertz CT molecular complexity index is 924. The molecule has 3 rings (SSSR count). The quantitative estimate of drug-likeness (QED) is 0.0799. The van der Waals surface area contributed by atoms with Gasteiger partial charge in [-0.15, -0.1) is 0 Å². The van der Waals surface area contributed by atoms with Gasteiger partial charge in [0.05, 0.1) is 18.3 Å². The van der Waals surface area contributed by atoms with E-state index < -0.39 is 0 Å². The van der Waals surface area contributed by atoms with E-state index in [1.807, 2.05) is 0 Å². The summed E-state index contributed by atoms with van der Waals surface area (Å²) in [5.74, 6) is 2.73. The Balaban J connectivity index is 1.80. The molecule has 3 fully saturated rings. The van der Waals surface area contributed by atoms with Crippen LogP contribution in [0, 0.1) is 40.4 Å². The maximum atomic E-state index is 13.0. The zero-order valence-corrected chi connectivity index (χ0v) is 33.4. The first-order valence-electron chi connectivity index (χ1n) is 21.4. The lowest BCUT2D eigenvalue weighted by atomic mass is 9.54. The van der Waals surface area contributed by atoms with Gasteiger partial charge < -0.3 is 36.7 Å². The van der Waals surface area contributed by atoms with Crippen LogP contribution in [0.5, 0.6) is 0 Å². The van der Waals surface area contributed by atoms with Crippen LogP contribution >= 0.6 is 0 Å². The monoisotopic (exact) mass is 707 g/mol. The summed E-state index contributed by atoms with van der Waals surface area (Å²) in [4.78, 5) is 13.0. The van der Waals surface area contributed by atoms with E-state index >= 15 is 0 Å². The molecule has 7 N–H and O–H groups in total. The first kappa shape index (κ1) is 43.6. The molecule has 10 atom stereocenters. The predicted octanol–water partition coefficient (Wildman–Crippen LogP) is 7.74. The minimum Gasteiger partial charge on any atom is -0.378 e. The van der Waals surface area contributed by atoms with Crippen LogP contribution in [-0.4, -0.2) is 70.2 Å². The van der Waals surface area contributed by atoms with E-state index in [0.717, 1.165) is 84.0 Å². The van der Waals surface area contributed by atoms with Gasteiger partial charge >= 0.3 is 0 Å². The van der Waals surface area contributed by atoms with Gasteiger partial charge in [0, 0.05) is 32.8 Å². The van der Waals surface area contributed by atoms with Crippen molar-refractivity contribution in [1.82, 2.24) is 5.32 Å². The number of nitrogens with two attached hydrogens (primary N) is 3. The van der Waals surface area contributed by atoms with Crippen molar-refractivity contribution in [2.75, 3.05) is 46.0 Å². The average molecular weight is 707 g/mol. The Morgan fingerprint density at radius 2 is 1.36 bits per heavy atom. The van der Waals surface area contributed by atoms with Crippen molar-refractivity contribution in [3.05, 3.63) is 0 Å². The van der Waals surface area contributed by atoms with Crippen LogP contribution in [0.2, 0.25) is 0 Å². The van der Waals surface area contributed by atoms with Gasteiger partial charge in [0.2, 0.25) is 5.91 Å². The number of rotatable bonds is 23. The summed E-state index contributed by atoms with van der Waals surface area (Å²) < 4.78 is 20.3. The number of ether oxygens (including phenoxy) is 3. The van der Waals surface area contributed by atoms with Crippen LogP contribution in [0.1, 0.15) is 157 Å². The summed E-state index contributed by atoms with van der Waals surface area (Å²) in [6.45, 7) is 17.3. The van der Waals surface area contributed by atoms with Crippen LogP contribution in [0.25, 0.3) is 0 Å². The fraction of sp³-hybridized carbons (Fsp3) is 0.976. The Labute approximate surface area is 308 Å². The molecule has 3 aliphatic rings. The molecule has 0 aromatic heterocycles. The molecule has 3 aliphatic carbocycles. The van der Waals surface area contributed by atoms with Gasteiger partial charge in [-0.2, -0.15) is 0 Å². The van der Waals surface area contributed by atoms with E-state index in [2.05, 4.69) is 39.9 Å². The smallest absolute Gasteiger partial charge is 0.220 e. The molecular weight excluding hydrogens is 624 g/mol. The fourth-order valence-electron chi connectivity index (χ4n) is 10.3. The number of hydrogen-bond donors (Lipinski definition) is 4. The zero-order chi connectivity index (χ0) is 36.4. The molecule has 0 heterocycles. The zero-order valence-electron chi connectivity index (χ0n) is 33.4. The van der Waals surface area contributed by atoms with E-state index in [-0.39, 0.29) is 28.9 Å². The molecule has 1 amide bonds. The van der Waals surface area contributed by atoms with Crippen LogP contribution in [0.3, 0.4) is 0 Å². The largest absolute Gasteiger partial charge is 0.378 e. The van der Waals surface area contributed by atoms with Gasteiger partial charge in [-0.05, 0) is 144 Å². The highest BCUT2D eigenvalue weighted by Crippen LogP contribution is 2.60. The van der Waals surface area contributed by atoms with Crippen molar-refractivity contribution in [3.63, 3.8) is 0 Å². The van der Waals surface area contributed by atoms with Gasteiger partial charge in [-0.1, -0.05) is 66.7 Å². The van der Waals surface area contributed by atoms with Crippen LogP contribution < -0.4 is 22.5 Å². The summed E-state index contributed by atoms with van der Waals surface area (Å²) >= 11 is 0. The maximum absolute atomic E-state index is 13.0. The molecule has 0 spiro atoms. The number of carbonyl (C=O) groups is 1. The van der Waals surface area contributed by atoms with Crippen molar-refractivity contribution in [2.24, 2.45) is 57.6 Å². The predicted molar refractivity (Wildman–Crippen MR) is 208 cm³/mol. The van der Waals surface area contributed by atoms with Gasteiger partial charge in [0.15, 0.2) is 0 Å². The molecule has 50 heavy (non-hydrogen) atoms. The number of amides is 1. The van der Waals surface area contributed by atoms with Gasteiger partial charge in [0.25, 0.3) is 0 Å². The number of hydrogen-bond acceptors (Lipinski definition) is 7. The fourth-order valence-corrected chi connectivity index (χ4v) is 10.3. The van der Waals surface area contributed by atoms with Crippen LogP contribution in [0.4, 0.5) is 0 Å². The lowest BCUT2D eigenvalue weighted by Gasteiger charge is -2.54. The summed E-state index contributed by atoms with van der Waals surface area (Å²) in [5.41, 5.74) is 18.0. The highest BCUT2D eigenvalue weighted by atomic mass is 16.5. The first-order chi connectivity index (χ1) is 24.1. The topological polar surface area (TPSA) is 135 Å². The minimum absolute atomic E-state index is 0.0124. The molecule has 294 valence electrons. The highest BCUT2D eigenvalue weighted by Gasteiger charge is 2.56. The maximum Gasteiger partial charge on any atom is 0.220 e. The lowest BCUT2D eigenvalue weighted by molar-refractivity contribution is -0.136. The molecule has 0 aliphatic heterocycles. The third-order valence-corrected chi connectivity index (χ3v) is 13.9. The van der Waals surface area contributed by atoms with Gasteiger partial charge in [-0.25, -0.2) is 0 Å². The second-order valence-corrected chi connectivity index (χ2v) is 17.2. The van der Waals surface area contributed by atoms with E-state index in [9.17, 15) is 4.79 Å². The molecular formula is C42H82N4O4. The Hall–Kier alpha value is -0.770.